The summed E-state index contributed by atoms with van der Waals surface area (Å²) in [5.41, 5.74) is 0.985. The summed E-state index contributed by atoms with van der Waals surface area (Å²) < 4.78 is 19.9. The smallest absolute Gasteiger partial charge is 0.409 e. The molecule has 2 heterocycles. The number of ether oxygens (including phenoxy) is 1. The molecule has 0 spiro atoms. The molecule has 2 aromatic heterocycles. The molecule has 0 fully saturated rings. The molecule has 0 aliphatic carbocycles. The molecule has 2 rings (SSSR count). The van der Waals surface area contributed by atoms with Crippen LogP contribution in [-0.4, -0.2) is 32.6 Å². The number of amides is 1. The van der Waals surface area contributed by atoms with Crippen molar-refractivity contribution in [1.29, 1.82) is 0 Å². The summed E-state index contributed by atoms with van der Waals surface area (Å²) in [6.45, 7) is 3.68. The fourth-order valence-electron chi connectivity index (χ4n) is 1.72. The summed E-state index contributed by atoms with van der Waals surface area (Å²) in [5, 5.41) is 15.2. The fraction of sp³-hybridized carbons (Fsp3) is 0.250. The van der Waals surface area contributed by atoms with E-state index >= 15 is 0 Å². The Morgan fingerprint density at radius 2 is 2.30 bits per heavy atom. The number of carbonyl (C=O) groups is 1. The zero-order valence-electron chi connectivity index (χ0n) is 10.9. The van der Waals surface area contributed by atoms with Crippen molar-refractivity contribution < 1.29 is 19.0 Å². The summed E-state index contributed by atoms with van der Waals surface area (Å²) in [6, 6.07) is 1.23. The van der Waals surface area contributed by atoms with Crippen molar-refractivity contribution in [2.45, 2.75) is 13.8 Å². The molecule has 106 valence electrons. The minimum absolute atomic E-state index is 0.194. The summed E-state index contributed by atoms with van der Waals surface area (Å²) in [7, 11) is 0. The Morgan fingerprint density at radius 3 is 2.90 bits per heavy atom. The Bertz CT molecular complexity index is 642. The maximum Gasteiger partial charge on any atom is 0.409 e. The van der Waals surface area contributed by atoms with Gasteiger partial charge in [-0.25, -0.2) is 9.18 Å². The molecule has 2 aromatic rings. The molecule has 0 bridgehead atoms. The standard InChI is InChI=1S/C12H13FN4O3/c1-3-20-11-10(15-12(18)19)7(2)16-17(11)9-4-8(13)5-14-6-9/h4-6,15H,3H2,1-2H3,(H,18,19). The predicted octanol–water partition coefficient (Wildman–Crippen LogP) is 2.20. The van der Waals surface area contributed by atoms with Crippen LogP contribution < -0.4 is 10.1 Å². The van der Waals surface area contributed by atoms with E-state index in [0.29, 0.717) is 18.0 Å². The molecule has 2 N–H and O–H groups in total. The maximum atomic E-state index is 13.2. The number of rotatable bonds is 4. The number of anilines is 1. The normalized spacial score (nSPS) is 10.3. The number of nitrogens with zero attached hydrogens (tertiary/aromatic N) is 3. The predicted molar refractivity (Wildman–Crippen MR) is 68.9 cm³/mol. The van der Waals surface area contributed by atoms with Gasteiger partial charge in [0.05, 0.1) is 30.4 Å². The van der Waals surface area contributed by atoms with Gasteiger partial charge in [-0.15, -0.1) is 0 Å². The van der Waals surface area contributed by atoms with Crippen LogP contribution in [-0.2, 0) is 0 Å². The third-order valence-electron chi connectivity index (χ3n) is 2.47. The lowest BCUT2D eigenvalue weighted by molar-refractivity contribution is 0.209. The van der Waals surface area contributed by atoms with E-state index in [4.69, 9.17) is 9.84 Å². The maximum absolute atomic E-state index is 13.2. The van der Waals surface area contributed by atoms with Gasteiger partial charge in [-0.1, -0.05) is 0 Å². The van der Waals surface area contributed by atoms with Gasteiger partial charge in [0.25, 0.3) is 0 Å². The van der Waals surface area contributed by atoms with Crippen LogP contribution in [0.1, 0.15) is 12.6 Å². The molecule has 7 nitrogen and oxygen atoms in total. The fourth-order valence-corrected chi connectivity index (χ4v) is 1.72. The number of halogens is 1. The zero-order valence-corrected chi connectivity index (χ0v) is 10.9. The van der Waals surface area contributed by atoms with Crippen LogP contribution in [0.4, 0.5) is 14.9 Å². The van der Waals surface area contributed by atoms with E-state index in [1.54, 1.807) is 13.8 Å². The lowest BCUT2D eigenvalue weighted by atomic mass is 10.4. The van der Waals surface area contributed by atoms with Gasteiger partial charge in [-0.2, -0.15) is 9.78 Å². The number of hydrogen-bond donors (Lipinski definition) is 2. The first-order chi connectivity index (χ1) is 9.52. The number of pyridine rings is 1. The van der Waals surface area contributed by atoms with Crippen LogP contribution in [0, 0.1) is 12.7 Å². The van der Waals surface area contributed by atoms with Crippen molar-refractivity contribution in [3.8, 4) is 11.6 Å². The Morgan fingerprint density at radius 1 is 1.55 bits per heavy atom. The summed E-state index contributed by atoms with van der Waals surface area (Å²) >= 11 is 0. The second kappa shape index (κ2) is 5.55. The summed E-state index contributed by atoms with van der Waals surface area (Å²) in [4.78, 5) is 14.5. The average Bonchev–Trinajstić information content (AvgIpc) is 2.68. The molecular formula is C12H13FN4O3. The molecule has 20 heavy (non-hydrogen) atoms. The Balaban J connectivity index is 2.55. The van der Waals surface area contributed by atoms with Crippen LogP contribution in [0.3, 0.4) is 0 Å². The van der Waals surface area contributed by atoms with Gasteiger partial charge >= 0.3 is 6.09 Å². The number of aryl methyl sites for hydroxylation is 1. The molecular weight excluding hydrogens is 267 g/mol. The van der Waals surface area contributed by atoms with Gasteiger partial charge in [0.2, 0.25) is 5.88 Å². The van der Waals surface area contributed by atoms with E-state index in [9.17, 15) is 9.18 Å². The number of aromatic nitrogens is 3. The van der Waals surface area contributed by atoms with Gasteiger partial charge in [-0.3, -0.25) is 10.3 Å². The molecule has 8 heteroatoms. The molecule has 0 aromatic carbocycles. The van der Waals surface area contributed by atoms with E-state index in [-0.39, 0.29) is 11.6 Å². The third kappa shape index (κ3) is 2.68. The highest BCUT2D eigenvalue weighted by molar-refractivity contribution is 5.85. The minimum Gasteiger partial charge on any atom is -0.476 e. The first-order valence-corrected chi connectivity index (χ1v) is 5.86. The lowest BCUT2D eigenvalue weighted by Crippen LogP contribution is -2.10. The van der Waals surface area contributed by atoms with Crippen molar-refractivity contribution in [2.75, 3.05) is 11.9 Å². The van der Waals surface area contributed by atoms with Crippen LogP contribution >= 0.6 is 0 Å². The van der Waals surface area contributed by atoms with Gasteiger partial charge in [-0.05, 0) is 13.8 Å². The molecule has 0 saturated carbocycles. The molecule has 0 radical (unpaired) electrons. The van der Waals surface area contributed by atoms with E-state index in [0.717, 1.165) is 6.20 Å². The third-order valence-corrected chi connectivity index (χ3v) is 2.47. The lowest BCUT2D eigenvalue weighted by Gasteiger charge is -2.09. The van der Waals surface area contributed by atoms with Crippen LogP contribution in [0.2, 0.25) is 0 Å². The van der Waals surface area contributed by atoms with Crippen LogP contribution in [0.25, 0.3) is 5.69 Å². The molecule has 1 amide bonds. The van der Waals surface area contributed by atoms with Crippen molar-refractivity contribution in [1.82, 2.24) is 14.8 Å². The highest BCUT2D eigenvalue weighted by atomic mass is 19.1. The minimum atomic E-state index is -1.23. The second-order valence-corrected chi connectivity index (χ2v) is 3.90. The SMILES string of the molecule is CCOc1c(NC(=O)O)c(C)nn1-c1cncc(F)c1. The molecule has 0 saturated heterocycles. The highest BCUT2D eigenvalue weighted by Crippen LogP contribution is 2.31. The number of hydrogen-bond acceptors (Lipinski definition) is 4. The quantitative estimate of drug-likeness (QED) is 0.896. The van der Waals surface area contributed by atoms with Gasteiger partial charge in [0, 0.05) is 6.07 Å². The Labute approximate surface area is 114 Å². The zero-order chi connectivity index (χ0) is 14.7. The molecule has 0 unspecified atom stereocenters. The first kappa shape index (κ1) is 13.8. The summed E-state index contributed by atoms with van der Waals surface area (Å²) in [5.74, 6) is -0.328. The van der Waals surface area contributed by atoms with Crippen molar-refractivity contribution >= 4 is 11.8 Å². The molecule has 0 aliphatic rings. The summed E-state index contributed by atoms with van der Waals surface area (Å²) in [6.07, 6.45) is 1.24. The first-order valence-electron chi connectivity index (χ1n) is 5.86. The number of nitrogens with one attached hydrogen (secondary N) is 1. The number of carboxylic acid groups (broad SMARTS) is 1. The van der Waals surface area contributed by atoms with Crippen LogP contribution in [0.15, 0.2) is 18.5 Å². The van der Waals surface area contributed by atoms with Gasteiger partial charge in [0.15, 0.2) is 0 Å². The average molecular weight is 280 g/mol. The Kier molecular flexibility index (Phi) is 3.83. The Hall–Kier alpha value is -2.64. The van der Waals surface area contributed by atoms with E-state index < -0.39 is 11.9 Å². The second-order valence-electron chi connectivity index (χ2n) is 3.90. The topological polar surface area (TPSA) is 89.3 Å². The molecule has 0 aliphatic heterocycles. The largest absolute Gasteiger partial charge is 0.476 e. The van der Waals surface area contributed by atoms with E-state index in [2.05, 4.69) is 15.4 Å². The van der Waals surface area contributed by atoms with E-state index in [1.807, 2.05) is 0 Å². The van der Waals surface area contributed by atoms with Gasteiger partial charge in [0.1, 0.15) is 11.5 Å². The van der Waals surface area contributed by atoms with Gasteiger partial charge < -0.3 is 9.84 Å². The van der Waals surface area contributed by atoms with Crippen molar-refractivity contribution in [2.24, 2.45) is 0 Å². The van der Waals surface area contributed by atoms with Crippen molar-refractivity contribution in [3.63, 3.8) is 0 Å². The van der Waals surface area contributed by atoms with Crippen molar-refractivity contribution in [3.05, 3.63) is 30.0 Å². The van der Waals surface area contributed by atoms with Crippen LogP contribution in [0.5, 0.6) is 5.88 Å². The monoisotopic (exact) mass is 280 g/mol. The highest BCUT2D eigenvalue weighted by Gasteiger charge is 2.19. The van der Waals surface area contributed by atoms with E-state index in [1.165, 1.54) is 16.9 Å². The molecule has 0 atom stereocenters.